The predicted octanol–water partition coefficient (Wildman–Crippen LogP) is 1.65. The van der Waals surface area contributed by atoms with E-state index in [4.69, 9.17) is 0 Å². The molecule has 0 unspecified atom stereocenters. The van der Waals surface area contributed by atoms with E-state index in [1.165, 1.54) is 6.07 Å². The van der Waals surface area contributed by atoms with Crippen LogP contribution in [0.2, 0.25) is 0 Å². The molecule has 2 aliphatic rings. The van der Waals surface area contributed by atoms with E-state index in [9.17, 15) is 9.18 Å². The summed E-state index contributed by atoms with van der Waals surface area (Å²) in [5, 5.41) is 6.15. The van der Waals surface area contributed by atoms with Gasteiger partial charge in [0.05, 0.1) is 6.54 Å². The Bertz CT molecular complexity index is 514. The van der Waals surface area contributed by atoms with Crippen LogP contribution in [0.3, 0.4) is 0 Å². The van der Waals surface area contributed by atoms with Crippen LogP contribution in [0.25, 0.3) is 0 Å². The molecule has 4 nitrogen and oxygen atoms in total. The van der Waals surface area contributed by atoms with Crippen LogP contribution in [0.4, 0.5) is 10.1 Å². The molecule has 0 aromatic heterocycles. The minimum atomic E-state index is -0.287. The summed E-state index contributed by atoms with van der Waals surface area (Å²) in [5.74, 6) is 1.00. The molecule has 0 bridgehead atoms. The summed E-state index contributed by atoms with van der Waals surface area (Å²) in [6.45, 7) is 6.18. The van der Waals surface area contributed by atoms with E-state index in [1.807, 2.05) is 0 Å². The summed E-state index contributed by atoms with van der Waals surface area (Å²) >= 11 is 0. The molecule has 0 saturated carbocycles. The number of anilines is 1. The lowest BCUT2D eigenvalue weighted by Crippen LogP contribution is -2.33. The van der Waals surface area contributed by atoms with Crippen LogP contribution in [0.5, 0.6) is 0 Å². The highest BCUT2D eigenvalue weighted by molar-refractivity contribution is 5.92. The lowest BCUT2D eigenvalue weighted by Gasteiger charge is -2.16. The number of hydrogen-bond acceptors (Lipinski definition) is 3. The largest absolute Gasteiger partial charge is 0.325 e. The van der Waals surface area contributed by atoms with Gasteiger partial charge in [0.2, 0.25) is 5.91 Å². The number of likely N-dealkylation sites (tertiary alicyclic amines) is 1. The van der Waals surface area contributed by atoms with Gasteiger partial charge in [0.1, 0.15) is 5.82 Å². The summed E-state index contributed by atoms with van der Waals surface area (Å²) in [7, 11) is 0. The Kier molecular flexibility index (Phi) is 5.19. The molecule has 2 fully saturated rings. The smallest absolute Gasteiger partial charge is 0.238 e. The average molecular weight is 314 g/mol. The number of benzene rings is 1. The van der Waals surface area contributed by atoms with Crippen molar-refractivity contribution in [2.24, 2.45) is 11.8 Å². The Balaban J connectivity index is 0.00000161. The number of rotatable bonds is 3. The molecule has 116 valence electrons. The van der Waals surface area contributed by atoms with Gasteiger partial charge in [-0.2, -0.15) is 0 Å². The van der Waals surface area contributed by atoms with E-state index in [1.54, 1.807) is 19.1 Å². The van der Waals surface area contributed by atoms with Gasteiger partial charge < -0.3 is 10.6 Å². The second-order valence-corrected chi connectivity index (χ2v) is 5.88. The lowest BCUT2D eigenvalue weighted by molar-refractivity contribution is -0.117. The zero-order valence-corrected chi connectivity index (χ0v) is 12.9. The zero-order valence-electron chi connectivity index (χ0n) is 12.1. The Labute approximate surface area is 130 Å². The number of aryl methyl sites for hydroxylation is 1. The van der Waals surface area contributed by atoms with Crippen molar-refractivity contribution in [1.82, 2.24) is 10.2 Å². The topological polar surface area (TPSA) is 44.4 Å². The molecule has 2 N–H and O–H groups in total. The molecule has 0 radical (unpaired) electrons. The maximum Gasteiger partial charge on any atom is 0.238 e. The van der Waals surface area contributed by atoms with E-state index in [-0.39, 0.29) is 24.1 Å². The number of nitrogens with zero attached hydrogens (tertiary/aromatic N) is 1. The first-order chi connectivity index (χ1) is 9.61. The van der Waals surface area contributed by atoms with Gasteiger partial charge in [-0.15, -0.1) is 12.4 Å². The fourth-order valence-corrected chi connectivity index (χ4v) is 3.16. The van der Waals surface area contributed by atoms with E-state index in [0.29, 0.717) is 29.6 Å². The third-order valence-electron chi connectivity index (χ3n) is 4.29. The summed E-state index contributed by atoms with van der Waals surface area (Å²) in [6.07, 6.45) is 0. The van der Waals surface area contributed by atoms with Crippen molar-refractivity contribution in [3.8, 4) is 0 Å². The SMILES string of the molecule is Cc1ccc(NC(=O)CN2C[C@H]3CNC[C@H]3C2)cc1F.Cl. The molecule has 21 heavy (non-hydrogen) atoms. The number of hydrogen-bond donors (Lipinski definition) is 2. The highest BCUT2D eigenvalue weighted by atomic mass is 35.5. The minimum absolute atomic E-state index is 0. The van der Waals surface area contributed by atoms with Gasteiger partial charge in [0.15, 0.2) is 0 Å². The Morgan fingerprint density at radius 3 is 2.67 bits per heavy atom. The summed E-state index contributed by atoms with van der Waals surface area (Å²) < 4.78 is 13.4. The Hall–Kier alpha value is -1.17. The van der Waals surface area contributed by atoms with Crippen molar-refractivity contribution in [1.29, 1.82) is 0 Å². The van der Waals surface area contributed by atoms with Crippen LogP contribution in [-0.2, 0) is 4.79 Å². The Morgan fingerprint density at radius 1 is 1.38 bits per heavy atom. The van der Waals surface area contributed by atoms with Crippen molar-refractivity contribution in [2.75, 3.05) is 38.0 Å². The number of carbonyl (C=O) groups excluding carboxylic acids is 1. The second-order valence-electron chi connectivity index (χ2n) is 5.88. The molecule has 2 heterocycles. The molecule has 2 atom stereocenters. The van der Waals surface area contributed by atoms with Gasteiger partial charge in [-0.25, -0.2) is 4.39 Å². The van der Waals surface area contributed by atoms with Crippen LogP contribution in [0, 0.1) is 24.6 Å². The van der Waals surface area contributed by atoms with Crippen LogP contribution in [-0.4, -0.2) is 43.5 Å². The minimum Gasteiger partial charge on any atom is -0.325 e. The molecule has 6 heteroatoms. The predicted molar refractivity (Wildman–Crippen MR) is 83.3 cm³/mol. The van der Waals surface area contributed by atoms with Crippen LogP contribution in [0.15, 0.2) is 18.2 Å². The van der Waals surface area contributed by atoms with Crippen LogP contribution in [0.1, 0.15) is 5.56 Å². The maximum absolute atomic E-state index is 13.4. The van der Waals surface area contributed by atoms with Gasteiger partial charge >= 0.3 is 0 Å². The summed E-state index contributed by atoms with van der Waals surface area (Å²) in [5.41, 5.74) is 1.11. The highest BCUT2D eigenvalue weighted by Crippen LogP contribution is 2.25. The summed E-state index contributed by atoms with van der Waals surface area (Å²) in [4.78, 5) is 14.2. The van der Waals surface area contributed by atoms with E-state index in [0.717, 1.165) is 26.2 Å². The van der Waals surface area contributed by atoms with Gasteiger partial charge in [-0.3, -0.25) is 9.69 Å². The number of nitrogens with one attached hydrogen (secondary N) is 2. The van der Waals surface area contributed by atoms with E-state index >= 15 is 0 Å². The summed E-state index contributed by atoms with van der Waals surface area (Å²) in [6, 6.07) is 4.78. The van der Waals surface area contributed by atoms with E-state index in [2.05, 4.69) is 15.5 Å². The van der Waals surface area contributed by atoms with Crippen molar-refractivity contribution in [2.45, 2.75) is 6.92 Å². The van der Waals surface area contributed by atoms with Gasteiger partial charge in [-0.1, -0.05) is 6.07 Å². The standard InChI is InChI=1S/C15H20FN3O.ClH/c1-10-2-3-13(4-14(10)16)18-15(20)9-19-7-11-5-17-6-12(11)8-19;/h2-4,11-12,17H,5-9H2,1H3,(H,18,20);1H/t11-,12+;. The number of amides is 1. The van der Waals surface area contributed by atoms with Crippen molar-refractivity contribution >= 4 is 24.0 Å². The average Bonchev–Trinajstić information content (AvgIpc) is 2.94. The maximum atomic E-state index is 13.4. The van der Waals surface area contributed by atoms with Gasteiger partial charge in [0.25, 0.3) is 0 Å². The molecule has 0 aliphatic carbocycles. The monoisotopic (exact) mass is 313 g/mol. The Morgan fingerprint density at radius 2 is 2.05 bits per heavy atom. The normalized spacial score (nSPS) is 24.5. The van der Waals surface area contributed by atoms with Gasteiger partial charge in [-0.05, 0) is 49.5 Å². The third kappa shape index (κ3) is 3.73. The molecule has 2 saturated heterocycles. The number of carbonyl (C=O) groups is 1. The molecule has 1 aromatic rings. The fourth-order valence-electron chi connectivity index (χ4n) is 3.16. The first-order valence-corrected chi connectivity index (χ1v) is 7.11. The number of fused-ring (bicyclic) bond motifs is 1. The van der Waals surface area contributed by atoms with Crippen molar-refractivity contribution < 1.29 is 9.18 Å². The van der Waals surface area contributed by atoms with Crippen LogP contribution < -0.4 is 10.6 Å². The zero-order chi connectivity index (χ0) is 14.1. The second kappa shape index (κ2) is 6.73. The molecular weight excluding hydrogens is 293 g/mol. The quantitative estimate of drug-likeness (QED) is 0.892. The lowest BCUT2D eigenvalue weighted by atomic mass is 10.0. The van der Waals surface area contributed by atoms with Crippen molar-refractivity contribution in [3.63, 3.8) is 0 Å². The van der Waals surface area contributed by atoms with Crippen LogP contribution >= 0.6 is 12.4 Å². The molecule has 0 spiro atoms. The molecule has 1 aromatic carbocycles. The molecule has 2 aliphatic heterocycles. The first-order valence-electron chi connectivity index (χ1n) is 7.11. The third-order valence-corrected chi connectivity index (χ3v) is 4.29. The molecule has 3 rings (SSSR count). The molecule has 1 amide bonds. The number of halogens is 2. The van der Waals surface area contributed by atoms with E-state index < -0.39 is 0 Å². The highest BCUT2D eigenvalue weighted by Gasteiger charge is 2.36. The van der Waals surface area contributed by atoms with Crippen molar-refractivity contribution in [3.05, 3.63) is 29.6 Å². The first kappa shape index (κ1) is 16.2. The van der Waals surface area contributed by atoms with Gasteiger partial charge in [0, 0.05) is 18.8 Å². The molecular formula is C15H21ClFN3O. The fraction of sp³-hybridized carbons (Fsp3) is 0.533.